The second-order valence-corrected chi connectivity index (χ2v) is 9.87. The van der Waals surface area contributed by atoms with Crippen LogP contribution in [0.2, 0.25) is 5.02 Å². The van der Waals surface area contributed by atoms with Crippen LogP contribution in [0.3, 0.4) is 0 Å². The summed E-state index contributed by atoms with van der Waals surface area (Å²) in [4.78, 5) is 28.7. The van der Waals surface area contributed by atoms with Gasteiger partial charge in [-0.3, -0.25) is 9.59 Å². The molecule has 184 valence electrons. The van der Waals surface area contributed by atoms with Gasteiger partial charge in [0.25, 0.3) is 0 Å². The highest BCUT2D eigenvalue weighted by Gasteiger charge is 2.31. The average Bonchev–Trinajstić information content (AvgIpc) is 2.84. The van der Waals surface area contributed by atoms with Gasteiger partial charge in [0.05, 0.1) is 6.42 Å². The van der Waals surface area contributed by atoms with Crippen LogP contribution in [-0.4, -0.2) is 28.8 Å². The third-order valence-electron chi connectivity index (χ3n) is 5.90. The summed E-state index contributed by atoms with van der Waals surface area (Å²) in [5.41, 5.74) is 1.90. The zero-order chi connectivity index (χ0) is 25.4. The summed E-state index contributed by atoms with van der Waals surface area (Å²) in [5, 5.41) is 3.21. The van der Waals surface area contributed by atoms with Crippen LogP contribution in [0.1, 0.15) is 37.0 Å². The minimum absolute atomic E-state index is 0.0513. The Kier molecular flexibility index (Phi) is 9.87. The monoisotopic (exact) mass is 558 g/mol. The molecule has 0 saturated carbocycles. The lowest BCUT2D eigenvalue weighted by atomic mass is 10.0. The molecule has 3 rings (SSSR count). The highest BCUT2D eigenvalue weighted by atomic mass is 79.9. The van der Waals surface area contributed by atoms with Crippen molar-refractivity contribution in [3.8, 4) is 0 Å². The number of nitrogens with zero attached hydrogens (tertiary/aromatic N) is 1. The molecule has 2 unspecified atom stereocenters. The lowest BCUT2D eigenvalue weighted by Gasteiger charge is -2.32. The van der Waals surface area contributed by atoms with Crippen LogP contribution in [0.25, 0.3) is 0 Å². The van der Waals surface area contributed by atoms with Crippen LogP contribution in [0, 0.1) is 5.82 Å². The Labute approximate surface area is 219 Å². The molecule has 0 heterocycles. The second kappa shape index (κ2) is 12.8. The number of carbonyl (C=O) groups excluding carboxylic acids is 2. The van der Waals surface area contributed by atoms with Crippen molar-refractivity contribution >= 4 is 39.3 Å². The van der Waals surface area contributed by atoms with Gasteiger partial charge in [-0.15, -0.1) is 0 Å². The number of carbonyl (C=O) groups is 2. The number of nitrogens with one attached hydrogen (secondary N) is 1. The van der Waals surface area contributed by atoms with Gasteiger partial charge < -0.3 is 10.2 Å². The number of hydrogen-bond donors (Lipinski definition) is 1. The summed E-state index contributed by atoms with van der Waals surface area (Å²) in [6, 6.07) is 20.6. The Morgan fingerprint density at radius 3 is 2.37 bits per heavy atom. The van der Waals surface area contributed by atoms with Crippen molar-refractivity contribution in [3.63, 3.8) is 0 Å². The van der Waals surface area contributed by atoms with E-state index < -0.39 is 11.9 Å². The topological polar surface area (TPSA) is 49.4 Å². The minimum Gasteiger partial charge on any atom is -0.352 e. The Morgan fingerprint density at radius 1 is 1.03 bits per heavy atom. The smallest absolute Gasteiger partial charge is 0.243 e. The highest BCUT2D eigenvalue weighted by molar-refractivity contribution is 9.10. The highest BCUT2D eigenvalue weighted by Crippen LogP contribution is 2.23. The fourth-order valence-electron chi connectivity index (χ4n) is 3.78. The molecule has 0 bridgehead atoms. The largest absolute Gasteiger partial charge is 0.352 e. The van der Waals surface area contributed by atoms with Gasteiger partial charge in [-0.05, 0) is 48.7 Å². The maximum absolute atomic E-state index is 14.5. The fourth-order valence-corrected chi connectivity index (χ4v) is 4.46. The fraction of sp³-hybridized carbons (Fsp3) is 0.286. The van der Waals surface area contributed by atoms with Crippen LogP contribution in [0.15, 0.2) is 77.3 Å². The third-order valence-corrected chi connectivity index (χ3v) is 6.75. The number of amides is 2. The van der Waals surface area contributed by atoms with E-state index in [1.807, 2.05) is 68.4 Å². The molecule has 0 aliphatic heterocycles. The number of halogens is 3. The number of rotatable bonds is 10. The molecule has 0 spiro atoms. The lowest BCUT2D eigenvalue weighted by Crippen LogP contribution is -2.52. The molecule has 35 heavy (non-hydrogen) atoms. The van der Waals surface area contributed by atoms with Crippen LogP contribution >= 0.6 is 27.5 Å². The van der Waals surface area contributed by atoms with Crippen molar-refractivity contribution < 1.29 is 14.0 Å². The molecular formula is C28H29BrClFN2O2. The minimum atomic E-state index is -0.788. The maximum atomic E-state index is 14.5. The molecule has 0 aromatic heterocycles. The first-order chi connectivity index (χ1) is 16.8. The predicted octanol–water partition coefficient (Wildman–Crippen LogP) is 6.34. The molecule has 1 N–H and O–H groups in total. The molecule has 0 fully saturated rings. The third kappa shape index (κ3) is 7.64. The average molecular weight is 560 g/mol. The zero-order valence-corrected chi connectivity index (χ0v) is 22.2. The van der Waals surface area contributed by atoms with Crippen molar-refractivity contribution in [2.75, 3.05) is 0 Å². The van der Waals surface area contributed by atoms with Gasteiger partial charge in [0.15, 0.2) is 0 Å². The first-order valence-electron chi connectivity index (χ1n) is 11.6. The molecule has 0 aliphatic carbocycles. The molecular weight excluding hydrogens is 531 g/mol. The van der Waals surface area contributed by atoms with E-state index in [1.165, 1.54) is 17.0 Å². The first kappa shape index (κ1) is 26.9. The standard InChI is InChI=1S/C28H29BrClFN2O2/c1-3-19(2)32-28(35)26(16-20-9-5-4-6-10-20)33(18-21-11-7-12-22(29)15-21)27(34)17-23-24(30)13-8-14-25(23)31/h4-15,19,26H,3,16-18H2,1-2H3,(H,32,35). The van der Waals surface area contributed by atoms with Gasteiger partial charge >= 0.3 is 0 Å². The van der Waals surface area contributed by atoms with Crippen molar-refractivity contribution in [2.45, 2.75) is 51.7 Å². The Hall–Kier alpha value is -2.70. The maximum Gasteiger partial charge on any atom is 0.243 e. The first-order valence-corrected chi connectivity index (χ1v) is 12.8. The summed E-state index contributed by atoms with van der Waals surface area (Å²) in [5.74, 6) is -1.17. The van der Waals surface area contributed by atoms with Crippen molar-refractivity contribution in [1.82, 2.24) is 10.2 Å². The normalized spacial score (nSPS) is 12.6. The molecule has 0 saturated heterocycles. The summed E-state index contributed by atoms with van der Waals surface area (Å²) in [6.07, 6.45) is 0.837. The van der Waals surface area contributed by atoms with E-state index >= 15 is 0 Å². The molecule has 0 aliphatic rings. The van der Waals surface area contributed by atoms with Gasteiger partial charge in [0.1, 0.15) is 11.9 Å². The van der Waals surface area contributed by atoms with E-state index in [0.717, 1.165) is 22.0 Å². The summed E-state index contributed by atoms with van der Waals surface area (Å²) in [6.45, 7) is 4.11. The van der Waals surface area contributed by atoms with E-state index in [1.54, 1.807) is 6.07 Å². The molecule has 3 aromatic rings. The van der Waals surface area contributed by atoms with E-state index in [0.29, 0.717) is 6.42 Å². The van der Waals surface area contributed by atoms with E-state index in [9.17, 15) is 14.0 Å². The summed E-state index contributed by atoms with van der Waals surface area (Å²) in [7, 11) is 0. The quantitative estimate of drug-likeness (QED) is 0.315. The van der Waals surface area contributed by atoms with E-state index in [4.69, 9.17) is 11.6 Å². The summed E-state index contributed by atoms with van der Waals surface area (Å²) >= 11 is 9.70. The second-order valence-electron chi connectivity index (χ2n) is 8.55. The van der Waals surface area contributed by atoms with Gasteiger partial charge in [-0.2, -0.15) is 0 Å². The van der Waals surface area contributed by atoms with Crippen LogP contribution in [-0.2, 0) is 29.0 Å². The molecule has 3 aromatic carbocycles. The Morgan fingerprint density at radius 2 is 1.71 bits per heavy atom. The molecule has 0 radical (unpaired) electrons. The van der Waals surface area contributed by atoms with Gasteiger partial charge in [0, 0.05) is 34.1 Å². The van der Waals surface area contributed by atoms with Crippen molar-refractivity contribution in [3.05, 3.63) is 105 Å². The van der Waals surface area contributed by atoms with Crippen LogP contribution in [0.4, 0.5) is 4.39 Å². The Balaban J connectivity index is 2.01. The van der Waals surface area contributed by atoms with E-state index in [-0.39, 0.29) is 41.4 Å². The lowest BCUT2D eigenvalue weighted by molar-refractivity contribution is -0.141. The summed E-state index contributed by atoms with van der Waals surface area (Å²) < 4.78 is 15.4. The Bertz CT molecular complexity index is 1140. The van der Waals surface area contributed by atoms with Crippen molar-refractivity contribution in [2.24, 2.45) is 0 Å². The SMILES string of the molecule is CCC(C)NC(=O)C(Cc1ccccc1)N(Cc1cccc(Br)c1)C(=O)Cc1c(F)cccc1Cl. The molecule has 7 heteroatoms. The van der Waals surface area contributed by atoms with Crippen molar-refractivity contribution in [1.29, 1.82) is 0 Å². The van der Waals surface area contributed by atoms with Gasteiger partial charge in [-0.1, -0.05) is 83.0 Å². The van der Waals surface area contributed by atoms with Gasteiger partial charge in [0.2, 0.25) is 11.8 Å². The van der Waals surface area contributed by atoms with Gasteiger partial charge in [-0.25, -0.2) is 4.39 Å². The molecule has 4 nitrogen and oxygen atoms in total. The number of hydrogen-bond acceptors (Lipinski definition) is 2. The predicted molar refractivity (Wildman–Crippen MR) is 142 cm³/mol. The molecule has 2 atom stereocenters. The zero-order valence-electron chi connectivity index (χ0n) is 19.8. The van der Waals surface area contributed by atoms with Crippen LogP contribution in [0.5, 0.6) is 0 Å². The molecule has 2 amide bonds. The van der Waals surface area contributed by atoms with E-state index in [2.05, 4.69) is 21.2 Å². The number of benzene rings is 3. The van der Waals surface area contributed by atoms with Crippen LogP contribution < -0.4 is 5.32 Å².